The van der Waals surface area contributed by atoms with Crippen LogP contribution in [0.1, 0.15) is 50.7 Å². The van der Waals surface area contributed by atoms with E-state index in [2.05, 4.69) is 37.3 Å². The van der Waals surface area contributed by atoms with E-state index >= 15 is 0 Å². The van der Waals surface area contributed by atoms with Crippen LogP contribution < -0.4 is 0 Å². The minimum Gasteiger partial charge on any atom is -0.388 e. The van der Waals surface area contributed by atoms with Gasteiger partial charge in [0.1, 0.15) is 0 Å². The lowest BCUT2D eigenvalue weighted by Gasteiger charge is -2.16. The molecule has 0 amide bonds. The summed E-state index contributed by atoms with van der Waals surface area (Å²) in [5.74, 6) is 3.00. The average Bonchev–Trinajstić information content (AvgIpc) is 2.89. The average molecular weight is 343 g/mol. The quantitative estimate of drug-likeness (QED) is 0.519. The summed E-state index contributed by atoms with van der Waals surface area (Å²) in [7, 11) is 0. The van der Waals surface area contributed by atoms with Gasteiger partial charge in [-0.1, -0.05) is 79.6 Å². The second-order valence-electron chi connectivity index (χ2n) is 6.44. The van der Waals surface area contributed by atoms with Gasteiger partial charge in [-0.05, 0) is 48.7 Å². The largest absolute Gasteiger partial charge is 0.388 e. The lowest BCUT2D eigenvalue weighted by atomic mass is 9.93. The molecule has 0 saturated carbocycles. The number of benzene rings is 1. The molecular formula is C22H30OS. The molecular weight excluding hydrogens is 312 g/mol. The zero-order chi connectivity index (χ0) is 17.0. The minimum absolute atomic E-state index is 0.324. The van der Waals surface area contributed by atoms with E-state index in [1.165, 1.54) is 25.0 Å². The van der Waals surface area contributed by atoms with Crippen LogP contribution in [0, 0.1) is 5.92 Å². The van der Waals surface area contributed by atoms with Crippen molar-refractivity contribution in [3.8, 4) is 0 Å². The number of rotatable bonds is 10. The number of thioether (sulfide) groups is 1. The summed E-state index contributed by atoms with van der Waals surface area (Å²) in [6.45, 7) is 2.30. The molecule has 0 aliphatic heterocycles. The molecule has 2 rings (SSSR count). The molecule has 2 unspecified atom stereocenters. The molecule has 0 radical (unpaired) electrons. The standard InChI is InChI=1S/C22H30OS/c1-2-19(18-20-10-6-3-4-7-11-20)14-16-24-17-15-22(23)21-12-8-5-9-13-21/h3-10,12-13,19,22-23H,2,11,14-18H2,1H3. The molecule has 0 saturated heterocycles. The fourth-order valence-corrected chi connectivity index (χ4v) is 4.08. The number of hydrogen-bond acceptors (Lipinski definition) is 2. The van der Waals surface area contributed by atoms with Crippen LogP contribution >= 0.6 is 11.8 Å². The Morgan fingerprint density at radius 2 is 1.83 bits per heavy atom. The Kier molecular flexibility index (Phi) is 9.01. The van der Waals surface area contributed by atoms with Gasteiger partial charge in [-0.25, -0.2) is 0 Å². The van der Waals surface area contributed by atoms with Crippen LogP contribution in [0.25, 0.3) is 0 Å². The van der Waals surface area contributed by atoms with Gasteiger partial charge in [-0.3, -0.25) is 0 Å². The monoisotopic (exact) mass is 342 g/mol. The molecule has 1 N–H and O–H groups in total. The van der Waals surface area contributed by atoms with Crippen LogP contribution in [0.3, 0.4) is 0 Å². The van der Waals surface area contributed by atoms with Gasteiger partial charge in [0.25, 0.3) is 0 Å². The third-order valence-corrected chi connectivity index (χ3v) is 5.64. The number of hydrogen-bond donors (Lipinski definition) is 1. The van der Waals surface area contributed by atoms with Gasteiger partial charge >= 0.3 is 0 Å². The van der Waals surface area contributed by atoms with Crippen molar-refractivity contribution in [2.45, 2.75) is 45.1 Å². The van der Waals surface area contributed by atoms with Gasteiger partial charge in [0.15, 0.2) is 0 Å². The molecule has 0 fully saturated rings. The lowest BCUT2D eigenvalue weighted by molar-refractivity contribution is 0.175. The molecule has 1 aromatic carbocycles. The van der Waals surface area contributed by atoms with E-state index in [9.17, 15) is 5.11 Å². The summed E-state index contributed by atoms with van der Waals surface area (Å²) in [4.78, 5) is 0. The first-order valence-corrected chi connectivity index (χ1v) is 10.3. The highest BCUT2D eigenvalue weighted by molar-refractivity contribution is 7.99. The summed E-state index contributed by atoms with van der Waals surface area (Å²) in [5, 5.41) is 10.2. The van der Waals surface area contributed by atoms with E-state index < -0.39 is 0 Å². The van der Waals surface area contributed by atoms with Gasteiger partial charge in [0.2, 0.25) is 0 Å². The fourth-order valence-electron chi connectivity index (χ4n) is 2.98. The molecule has 2 heteroatoms. The summed E-state index contributed by atoms with van der Waals surface area (Å²) in [5.41, 5.74) is 2.59. The molecule has 24 heavy (non-hydrogen) atoms. The van der Waals surface area contributed by atoms with E-state index in [1.807, 2.05) is 42.1 Å². The molecule has 130 valence electrons. The van der Waals surface area contributed by atoms with Crippen molar-refractivity contribution in [2.75, 3.05) is 11.5 Å². The third-order valence-electron chi connectivity index (χ3n) is 4.59. The zero-order valence-corrected chi connectivity index (χ0v) is 15.5. The predicted molar refractivity (Wildman–Crippen MR) is 107 cm³/mol. The van der Waals surface area contributed by atoms with Gasteiger partial charge in [-0.15, -0.1) is 0 Å². The smallest absolute Gasteiger partial charge is 0.0797 e. The summed E-state index contributed by atoms with van der Waals surface area (Å²) in [6.07, 6.45) is 16.3. The minimum atomic E-state index is -0.324. The molecule has 0 aromatic heterocycles. The maximum atomic E-state index is 10.2. The van der Waals surface area contributed by atoms with Crippen molar-refractivity contribution >= 4 is 11.8 Å². The molecule has 1 aromatic rings. The van der Waals surface area contributed by atoms with Gasteiger partial charge < -0.3 is 5.11 Å². The lowest BCUT2D eigenvalue weighted by Crippen LogP contribution is -2.04. The van der Waals surface area contributed by atoms with Gasteiger partial charge in [0, 0.05) is 0 Å². The van der Waals surface area contributed by atoms with Crippen molar-refractivity contribution in [1.82, 2.24) is 0 Å². The predicted octanol–water partition coefficient (Wildman–Crippen LogP) is 6.09. The Bertz CT molecular complexity index is 544. The van der Waals surface area contributed by atoms with Crippen LogP contribution in [-0.2, 0) is 0 Å². The maximum Gasteiger partial charge on any atom is 0.0797 e. The molecule has 1 aliphatic rings. The summed E-state index contributed by atoms with van der Waals surface area (Å²) >= 11 is 1.98. The first-order valence-electron chi connectivity index (χ1n) is 9.11. The Hall–Kier alpha value is -1.25. The van der Waals surface area contributed by atoms with Gasteiger partial charge in [0.05, 0.1) is 6.10 Å². The van der Waals surface area contributed by atoms with Crippen molar-refractivity contribution in [1.29, 1.82) is 0 Å². The molecule has 0 bridgehead atoms. The van der Waals surface area contributed by atoms with E-state index in [-0.39, 0.29) is 6.10 Å². The third kappa shape index (κ3) is 7.11. The first kappa shape index (κ1) is 19.1. The van der Waals surface area contributed by atoms with Crippen molar-refractivity contribution < 1.29 is 5.11 Å². The van der Waals surface area contributed by atoms with Crippen LogP contribution in [-0.4, -0.2) is 16.6 Å². The maximum absolute atomic E-state index is 10.2. The topological polar surface area (TPSA) is 20.2 Å². The second-order valence-corrected chi connectivity index (χ2v) is 7.66. The van der Waals surface area contributed by atoms with Crippen LogP contribution in [0.15, 0.2) is 66.3 Å². The van der Waals surface area contributed by atoms with E-state index in [1.54, 1.807) is 5.57 Å². The van der Waals surface area contributed by atoms with E-state index in [0.717, 1.165) is 30.1 Å². The SMILES string of the molecule is CCC(CCSCCC(O)c1ccccc1)CC1=CC=CC=CC1. The van der Waals surface area contributed by atoms with Crippen LogP contribution in [0.2, 0.25) is 0 Å². The van der Waals surface area contributed by atoms with Crippen molar-refractivity contribution in [2.24, 2.45) is 5.92 Å². The second kappa shape index (κ2) is 11.3. The Labute approximate surface area is 151 Å². The van der Waals surface area contributed by atoms with Crippen LogP contribution in [0.5, 0.6) is 0 Å². The van der Waals surface area contributed by atoms with E-state index in [4.69, 9.17) is 0 Å². The van der Waals surface area contributed by atoms with Gasteiger partial charge in [-0.2, -0.15) is 11.8 Å². The molecule has 1 aliphatic carbocycles. The Balaban J connectivity index is 1.62. The molecule has 1 nitrogen and oxygen atoms in total. The van der Waals surface area contributed by atoms with Crippen LogP contribution in [0.4, 0.5) is 0 Å². The van der Waals surface area contributed by atoms with Crippen molar-refractivity contribution in [3.05, 3.63) is 71.8 Å². The number of aliphatic hydroxyl groups is 1. The van der Waals surface area contributed by atoms with Crippen molar-refractivity contribution in [3.63, 3.8) is 0 Å². The molecule has 0 heterocycles. The Morgan fingerprint density at radius 3 is 2.62 bits per heavy atom. The first-order chi connectivity index (χ1) is 11.8. The summed E-state index contributed by atoms with van der Waals surface area (Å²) < 4.78 is 0. The number of aliphatic hydroxyl groups excluding tert-OH is 1. The highest BCUT2D eigenvalue weighted by Gasteiger charge is 2.10. The Morgan fingerprint density at radius 1 is 1.04 bits per heavy atom. The normalized spacial score (nSPS) is 16.5. The highest BCUT2D eigenvalue weighted by Crippen LogP contribution is 2.25. The van der Waals surface area contributed by atoms with E-state index in [0.29, 0.717) is 0 Å². The number of allylic oxidation sites excluding steroid dienone is 6. The molecule has 2 atom stereocenters. The molecule has 0 spiro atoms. The summed E-state index contributed by atoms with van der Waals surface area (Å²) in [6, 6.07) is 9.98. The zero-order valence-electron chi connectivity index (χ0n) is 14.7. The fraction of sp³-hybridized carbons (Fsp3) is 0.455. The highest BCUT2D eigenvalue weighted by atomic mass is 32.2.